The predicted molar refractivity (Wildman–Crippen MR) is 94.8 cm³/mol. The van der Waals surface area contributed by atoms with Crippen molar-refractivity contribution in [3.8, 4) is 11.3 Å². The molecule has 4 aromatic rings. The molecule has 1 N–H and O–H groups in total. The Bertz CT molecular complexity index is 1190. The van der Waals surface area contributed by atoms with E-state index in [1.165, 1.54) is 24.3 Å². The highest BCUT2D eigenvalue weighted by atomic mass is 19.4. The van der Waals surface area contributed by atoms with Crippen molar-refractivity contribution in [2.75, 3.05) is 0 Å². The minimum Gasteiger partial charge on any atom is -0.478 e. The first-order valence-electron chi connectivity index (χ1n) is 8.08. The van der Waals surface area contributed by atoms with Crippen molar-refractivity contribution in [1.82, 2.24) is 9.38 Å². The smallest absolute Gasteiger partial charge is 0.416 e. The van der Waals surface area contributed by atoms with E-state index in [0.717, 1.165) is 28.7 Å². The van der Waals surface area contributed by atoms with Gasteiger partial charge in [0.1, 0.15) is 0 Å². The summed E-state index contributed by atoms with van der Waals surface area (Å²) in [5.74, 6) is -1.07. The van der Waals surface area contributed by atoms with Crippen molar-refractivity contribution in [3.05, 3.63) is 71.4 Å². The zero-order chi connectivity index (χ0) is 19.3. The molecule has 2 aromatic heterocycles. The SMILES string of the molecule is Cc1ccn2c1c(-c1ccc(C(F)(F)F)cc1)nc1cc(C(=O)O)ccc12. The molecule has 0 atom stereocenters. The molecule has 4 rings (SSSR count). The van der Waals surface area contributed by atoms with Gasteiger partial charge >= 0.3 is 12.1 Å². The Labute approximate surface area is 151 Å². The van der Waals surface area contributed by atoms with Crippen molar-refractivity contribution in [3.63, 3.8) is 0 Å². The molecule has 0 radical (unpaired) electrons. The van der Waals surface area contributed by atoms with E-state index in [2.05, 4.69) is 4.98 Å². The average molecular weight is 370 g/mol. The maximum atomic E-state index is 12.8. The molecule has 7 heteroatoms. The van der Waals surface area contributed by atoms with Crippen LogP contribution < -0.4 is 0 Å². The van der Waals surface area contributed by atoms with Crippen LogP contribution in [0.3, 0.4) is 0 Å². The number of carbonyl (C=O) groups is 1. The topological polar surface area (TPSA) is 54.6 Å². The highest BCUT2D eigenvalue weighted by Gasteiger charge is 2.30. The number of fused-ring (bicyclic) bond motifs is 3. The maximum Gasteiger partial charge on any atom is 0.416 e. The maximum absolute atomic E-state index is 12.8. The minimum atomic E-state index is -4.41. The van der Waals surface area contributed by atoms with Crippen LogP contribution in [-0.4, -0.2) is 20.5 Å². The second kappa shape index (κ2) is 5.84. The van der Waals surface area contributed by atoms with Crippen LogP contribution in [0.1, 0.15) is 21.5 Å². The fourth-order valence-electron chi connectivity index (χ4n) is 3.17. The van der Waals surface area contributed by atoms with Crippen LogP contribution in [0.5, 0.6) is 0 Å². The van der Waals surface area contributed by atoms with Crippen LogP contribution in [0.4, 0.5) is 13.2 Å². The highest BCUT2D eigenvalue weighted by Crippen LogP contribution is 2.33. The number of aromatic nitrogens is 2. The number of rotatable bonds is 2. The third kappa shape index (κ3) is 2.81. The van der Waals surface area contributed by atoms with Gasteiger partial charge in [-0.15, -0.1) is 0 Å². The van der Waals surface area contributed by atoms with Crippen molar-refractivity contribution >= 4 is 22.5 Å². The average Bonchev–Trinajstić information content (AvgIpc) is 3.02. The van der Waals surface area contributed by atoms with E-state index in [0.29, 0.717) is 16.8 Å². The van der Waals surface area contributed by atoms with Gasteiger partial charge in [-0.25, -0.2) is 9.78 Å². The third-order valence-electron chi connectivity index (χ3n) is 4.51. The van der Waals surface area contributed by atoms with E-state index in [9.17, 15) is 23.1 Å². The van der Waals surface area contributed by atoms with Gasteiger partial charge in [0.25, 0.3) is 0 Å². The quantitative estimate of drug-likeness (QED) is 0.529. The number of alkyl halides is 3. The molecule has 0 unspecified atom stereocenters. The van der Waals surface area contributed by atoms with Crippen LogP contribution in [-0.2, 0) is 6.18 Å². The molecule has 0 spiro atoms. The molecule has 4 nitrogen and oxygen atoms in total. The number of hydrogen-bond acceptors (Lipinski definition) is 2. The number of carboxylic acids is 1. The number of benzene rings is 2. The molecule has 2 heterocycles. The highest BCUT2D eigenvalue weighted by molar-refractivity contribution is 5.95. The summed E-state index contributed by atoms with van der Waals surface area (Å²) >= 11 is 0. The zero-order valence-corrected chi connectivity index (χ0v) is 14.1. The lowest BCUT2D eigenvalue weighted by atomic mass is 10.1. The van der Waals surface area contributed by atoms with Crippen molar-refractivity contribution in [2.45, 2.75) is 13.1 Å². The fraction of sp³-hybridized carbons (Fsp3) is 0.100. The second-order valence-corrected chi connectivity index (χ2v) is 6.26. The molecule has 0 saturated carbocycles. The summed E-state index contributed by atoms with van der Waals surface area (Å²) in [6, 6.07) is 11.3. The van der Waals surface area contributed by atoms with E-state index >= 15 is 0 Å². The lowest BCUT2D eigenvalue weighted by molar-refractivity contribution is -0.137. The molecule has 0 saturated heterocycles. The molecule has 0 aliphatic rings. The number of nitrogens with zero attached hydrogens (tertiary/aromatic N) is 2. The molecular weight excluding hydrogens is 357 g/mol. The van der Waals surface area contributed by atoms with Crippen molar-refractivity contribution in [2.24, 2.45) is 0 Å². The number of hydrogen-bond donors (Lipinski definition) is 1. The Kier molecular flexibility index (Phi) is 3.69. The number of halogens is 3. The van der Waals surface area contributed by atoms with Gasteiger partial charge in [-0.3, -0.25) is 0 Å². The first kappa shape index (κ1) is 17.1. The summed E-state index contributed by atoms with van der Waals surface area (Å²) in [6.45, 7) is 1.89. The third-order valence-corrected chi connectivity index (χ3v) is 4.51. The summed E-state index contributed by atoms with van der Waals surface area (Å²) in [4.78, 5) is 15.8. The minimum absolute atomic E-state index is 0.0941. The summed E-state index contributed by atoms with van der Waals surface area (Å²) < 4.78 is 40.4. The van der Waals surface area contributed by atoms with Gasteiger partial charge in [0.2, 0.25) is 0 Å². The van der Waals surface area contributed by atoms with E-state index < -0.39 is 17.7 Å². The van der Waals surface area contributed by atoms with Crippen LogP contribution >= 0.6 is 0 Å². The number of aromatic carboxylic acids is 1. The molecule has 0 aliphatic carbocycles. The summed E-state index contributed by atoms with van der Waals surface area (Å²) in [7, 11) is 0. The van der Waals surface area contributed by atoms with Gasteiger partial charge in [0.15, 0.2) is 0 Å². The standard InChI is InChI=1S/C20H13F3N2O2/c1-11-8-9-25-16-7-4-13(19(26)27)10-15(16)24-17(18(11)25)12-2-5-14(6-3-12)20(21,22)23/h2-10H,1H3,(H,26,27). The van der Waals surface area contributed by atoms with Gasteiger partial charge in [-0.05, 0) is 48.9 Å². The van der Waals surface area contributed by atoms with Gasteiger partial charge in [0, 0.05) is 11.8 Å². The number of carboxylic acid groups (broad SMARTS) is 1. The second-order valence-electron chi connectivity index (χ2n) is 6.26. The Balaban J connectivity index is 2.00. The molecule has 0 amide bonds. The van der Waals surface area contributed by atoms with Gasteiger partial charge in [-0.1, -0.05) is 12.1 Å². The van der Waals surface area contributed by atoms with E-state index in [-0.39, 0.29) is 5.56 Å². The summed E-state index contributed by atoms with van der Waals surface area (Å²) in [5, 5.41) is 9.21. The number of aryl methyl sites for hydroxylation is 1. The monoisotopic (exact) mass is 370 g/mol. The molecule has 2 aromatic carbocycles. The Hall–Kier alpha value is -3.35. The normalized spacial score (nSPS) is 12.0. The summed E-state index contributed by atoms with van der Waals surface area (Å²) in [5.41, 5.74) is 3.25. The first-order valence-corrected chi connectivity index (χ1v) is 8.08. The molecule has 0 aliphatic heterocycles. The molecular formula is C20H13F3N2O2. The fourth-order valence-corrected chi connectivity index (χ4v) is 3.17. The Morgan fingerprint density at radius 2 is 1.78 bits per heavy atom. The van der Waals surface area contributed by atoms with E-state index in [4.69, 9.17) is 0 Å². The lowest BCUT2D eigenvalue weighted by Gasteiger charge is -2.12. The first-order chi connectivity index (χ1) is 12.8. The molecule has 136 valence electrons. The molecule has 27 heavy (non-hydrogen) atoms. The van der Waals surface area contributed by atoms with E-state index in [1.807, 2.05) is 23.6 Å². The van der Waals surface area contributed by atoms with Crippen LogP contribution in [0.2, 0.25) is 0 Å². The predicted octanol–water partition coefficient (Wildman–Crippen LogP) is 5.18. The summed E-state index contributed by atoms with van der Waals surface area (Å²) in [6.07, 6.45) is -2.57. The van der Waals surface area contributed by atoms with Crippen molar-refractivity contribution < 1.29 is 23.1 Å². The van der Waals surface area contributed by atoms with Crippen molar-refractivity contribution in [1.29, 1.82) is 0 Å². The van der Waals surface area contributed by atoms with Gasteiger partial charge in [0.05, 0.1) is 33.4 Å². The van der Waals surface area contributed by atoms with E-state index in [1.54, 1.807) is 6.07 Å². The van der Waals surface area contributed by atoms with Gasteiger partial charge in [-0.2, -0.15) is 13.2 Å². The van der Waals surface area contributed by atoms with Crippen LogP contribution in [0, 0.1) is 6.92 Å². The van der Waals surface area contributed by atoms with Crippen LogP contribution in [0.25, 0.3) is 27.8 Å². The zero-order valence-electron chi connectivity index (χ0n) is 14.1. The van der Waals surface area contributed by atoms with Crippen LogP contribution in [0.15, 0.2) is 54.7 Å². The molecule has 0 bridgehead atoms. The Morgan fingerprint density at radius 3 is 2.41 bits per heavy atom. The largest absolute Gasteiger partial charge is 0.478 e. The molecule has 0 fully saturated rings. The Morgan fingerprint density at radius 1 is 1.07 bits per heavy atom. The van der Waals surface area contributed by atoms with Gasteiger partial charge < -0.3 is 9.51 Å². The lowest BCUT2D eigenvalue weighted by Crippen LogP contribution is -2.04.